The summed E-state index contributed by atoms with van der Waals surface area (Å²) in [5.74, 6) is 0. The summed E-state index contributed by atoms with van der Waals surface area (Å²) in [7, 11) is 0. The smallest absolute Gasteiger partial charge is 0.0545 e. The van der Waals surface area contributed by atoms with Crippen LogP contribution in [0.3, 0.4) is 0 Å². The van der Waals surface area contributed by atoms with Crippen LogP contribution in [0.15, 0.2) is 4.99 Å². The molecule has 62 valence electrons. The lowest BCUT2D eigenvalue weighted by Crippen LogP contribution is -2.46. The first-order valence-corrected chi connectivity index (χ1v) is 4.55. The van der Waals surface area contributed by atoms with Crippen molar-refractivity contribution >= 4 is 5.71 Å². The van der Waals surface area contributed by atoms with Crippen LogP contribution in [0, 0.1) is 0 Å². The summed E-state index contributed by atoms with van der Waals surface area (Å²) in [5.41, 5.74) is 1.32. The Morgan fingerprint density at radius 2 is 2.36 bits per heavy atom. The molecule has 0 aromatic carbocycles. The van der Waals surface area contributed by atoms with Crippen LogP contribution < -0.4 is 0 Å². The van der Waals surface area contributed by atoms with Crippen LogP contribution in [-0.2, 0) is 0 Å². The summed E-state index contributed by atoms with van der Waals surface area (Å²) in [6, 6.07) is 1.38. The number of hydrogen-bond donors (Lipinski definition) is 0. The van der Waals surface area contributed by atoms with E-state index in [1.807, 2.05) is 0 Å². The van der Waals surface area contributed by atoms with Crippen molar-refractivity contribution in [1.29, 1.82) is 0 Å². The highest BCUT2D eigenvalue weighted by molar-refractivity contribution is 5.87. The van der Waals surface area contributed by atoms with E-state index in [4.69, 9.17) is 0 Å². The summed E-state index contributed by atoms with van der Waals surface area (Å²) >= 11 is 0. The van der Waals surface area contributed by atoms with Crippen LogP contribution >= 0.6 is 0 Å². The number of nitrogens with zero attached hydrogens (tertiary/aromatic N) is 2. The third-order valence-electron chi connectivity index (χ3n) is 3.08. The van der Waals surface area contributed by atoms with Crippen molar-refractivity contribution in [2.45, 2.75) is 38.8 Å². The highest BCUT2D eigenvalue weighted by Crippen LogP contribution is 2.23. The zero-order valence-corrected chi connectivity index (χ0v) is 7.38. The molecule has 2 heteroatoms. The summed E-state index contributed by atoms with van der Waals surface area (Å²) in [5, 5.41) is 0. The topological polar surface area (TPSA) is 15.6 Å². The van der Waals surface area contributed by atoms with Gasteiger partial charge in [0, 0.05) is 17.8 Å². The highest BCUT2D eigenvalue weighted by atomic mass is 15.2. The van der Waals surface area contributed by atoms with Crippen molar-refractivity contribution < 1.29 is 0 Å². The maximum atomic E-state index is 4.53. The molecule has 0 radical (unpaired) electrons. The molecule has 2 aliphatic heterocycles. The Kier molecular flexibility index (Phi) is 1.72. The number of fused-ring (bicyclic) bond motifs is 1. The quantitative estimate of drug-likeness (QED) is 0.511. The molecule has 2 nitrogen and oxygen atoms in total. The van der Waals surface area contributed by atoms with Crippen LogP contribution in [0.4, 0.5) is 0 Å². The van der Waals surface area contributed by atoms with Crippen molar-refractivity contribution in [3.05, 3.63) is 0 Å². The lowest BCUT2D eigenvalue weighted by Gasteiger charge is -2.33. The van der Waals surface area contributed by atoms with Gasteiger partial charge in [-0.1, -0.05) is 0 Å². The van der Waals surface area contributed by atoms with Gasteiger partial charge in [0.25, 0.3) is 0 Å². The second-order valence-corrected chi connectivity index (χ2v) is 3.69. The normalized spacial score (nSPS) is 38.5. The van der Waals surface area contributed by atoms with E-state index in [1.165, 1.54) is 25.1 Å². The molecule has 0 N–H and O–H groups in total. The van der Waals surface area contributed by atoms with Gasteiger partial charge in [0.1, 0.15) is 0 Å². The Morgan fingerprint density at radius 3 is 3.18 bits per heavy atom. The maximum Gasteiger partial charge on any atom is 0.0545 e. The van der Waals surface area contributed by atoms with Crippen molar-refractivity contribution in [2.24, 2.45) is 4.99 Å². The first kappa shape index (κ1) is 7.29. The molecule has 0 aromatic rings. The number of aliphatic imine (C=N–C) groups is 1. The molecule has 0 amide bonds. The molecule has 0 aromatic heterocycles. The Balaban J connectivity index is 2.17. The monoisotopic (exact) mass is 152 g/mol. The predicted molar refractivity (Wildman–Crippen MR) is 47.2 cm³/mol. The van der Waals surface area contributed by atoms with E-state index in [1.54, 1.807) is 0 Å². The molecule has 11 heavy (non-hydrogen) atoms. The fraction of sp³-hybridized carbons (Fsp3) is 0.889. The molecule has 0 spiro atoms. The van der Waals surface area contributed by atoms with Crippen molar-refractivity contribution in [1.82, 2.24) is 4.90 Å². The third-order valence-corrected chi connectivity index (χ3v) is 3.08. The number of rotatable bonds is 0. The van der Waals surface area contributed by atoms with Crippen molar-refractivity contribution in [3.8, 4) is 0 Å². The summed E-state index contributed by atoms with van der Waals surface area (Å²) in [6.45, 7) is 6.77. The van der Waals surface area contributed by atoms with E-state index in [9.17, 15) is 0 Å². The Morgan fingerprint density at radius 1 is 1.55 bits per heavy atom. The Bertz CT molecular complexity index is 186. The van der Waals surface area contributed by atoms with Crippen molar-refractivity contribution in [2.75, 3.05) is 13.1 Å². The zero-order valence-electron chi connectivity index (χ0n) is 7.38. The van der Waals surface area contributed by atoms with Crippen LogP contribution in [0.5, 0.6) is 0 Å². The molecule has 1 fully saturated rings. The predicted octanol–water partition coefficient (Wildman–Crippen LogP) is 1.31. The fourth-order valence-corrected chi connectivity index (χ4v) is 2.19. The largest absolute Gasteiger partial charge is 0.291 e. The highest BCUT2D eigenvalue weighted by Gasteiger charge is 2.31. The average molecular weight is 152 g/mol. The third kappa shape index (κ3) is 1.09. The Labute approximate surface area is 68.3 Å². The molecule has 0 aliphatic carbocycles. The lowest BCUT2D eigenvalue weighted by atomic mass is 10.1. The molecule has 1 saturated heterocycles. The SMILES string of the molecule is CC1=NCC2CCCN2C1C. The minimum absolute atomic E-state index is 0.608. The van der Waals surface area contributed by atoms with Crippen LogP contribution in [0.2, 0.25) is 0 Å². The minimum Gasteiger partial charge on any atom is -0.291 e. The van der Waals surface area contributed by atoms with E-state index in [0.29, 0.717) is 6.04 Å². The lowest BCUT2D eigenvalue weighted by molar-refractivity contribution is 0.226. The molecule has 2 heterocycles. The van der Waals surface area contributed by atoms with Gasteiger partial charge in [-0.2, -0.15) is 0 Å². The van der Waals surface area contributed by atoms with E-state index < -0.39 is 0 Å². The fourth-order valence-electron chi connectivity index (χ4n) is 2.19. The van der Waals surface area contributed by atoms with Gasteiger partial charge in [-0.15, -0.1) is 0 Å². The summed E-state index contributed by atoms with van der Waals surface area (Å²) < 4.78 is 0. The first-order chi connectivity index (χ1) is 5.29. The van der Waals surface area contributed by atoms with Crippen LogP contribution in [0.25, 0.3) is 0 Å². The molecular formula is C9H16N2. The Hall–Kier alpha value is -0.370. The minimum atomic E-state index is 0.608. The summed E-state index contributed by atoms with van der Waals surface area (Å²) in [6.07, 6.45) is 2.74. The maximum absolute atomic E-state index is 4.53. The molecule has 2 aliphatic rings. The first-order valence-electron chi connectivity index (χ1n) is 4.55. The second-order valence-electron chi connectivity index (χ2n) is 3.69. The van der Waals surface area contributed by atoms with Gasteiger partial charge in [0.05, 0.1) is 6.54 Å². The molecule has 2 atom stereocenters. The van der Waals surface area contributed by atoms with E-state index in [0.717, 1.165) is 12.6 Å². The molecular weight excluding hydrogens is 136 g/mol. The molecule has 0 bridgehead atoms. The van der Waals surface area contributed by atoms with Crippen LogP contribution in [-0.4, -0.2) is 35.8 Å². The van der Waals surface area contributed by atoms with E-state index >= 15 is 0 Å². The number of hydrogen-bond acceptors (Lipinski definition) is 2. The van der Waals surface area contributed by atoms with Gasteiger partial charge >= 0.3 is 0 Å². The van der Waals surface area contributed by atoms with Gasteiger partial charge in [0.15, 0.2) is 0 Å². The van der Waals surface area contributed by atoms with Gasteiger partial charge < -0.3 is 0 Å². The van der Waals surface area contributed by atoms with Gasteiger partial charge in [-0.3, -0.25) is 9.89 Å². The van der Waals surface area contributed by atoms with Gasteiger partial charge in [-0.25, -0.2) is 0 Å². The zero-order chi connectivity index (χ0) is 7.84. The van der Waals surface area contributed by atoms with E-state index in [-0.39, 0.29) is 0 Å². The standard InChI is InChI=1S/C9H16N2/c1-7-8(2)11-5-3-4-9(11)6-10-7/h8-9H,3-6H2,1-2H3. The molecule has 2 rings (SSSR count). The van der Waals surface area contributed by atoms with Gasteiger partial charge in [0.2, 0.25) is 0 Å². The molecule has 0 saturated carbocycles. The van der Waals surface area contributed by atoms with Crippen molar-refractivity contribution in [3.63, 3.8) is 0 Å². The summed E-state index contributed by atoms with van der Waals surface area (Å²) in [4.78, 5) is 7.13. The van der Waals surface area contributed by atoms with Crippen LogP contribution in [0.1, 0.15) is 26.7 Å². The molecule has 2 unspecified atom stereocenters. The van der Waals surface area contributed by atoms with E-state index in [2.05, 4.69) is 23.7 Å². The van der Waals surface area contributed by atoms with Gasteiger partial charge in [-0.05, 0) is 33.2 Å². The average Bonchev–Trinajstić information content (AvgIpc) is 2.45. The second kappa shape index (κ2) is 2.59.